The number of aromatic nitrogens is 1. The molecule has 5 aromatic rings. The molecule has 0 aliphatic heterocycles. The summed E-state index contributed by atoms with van der Waals surface area (Å²) in [6, 6.07) is 32.1. The van der Waals surface area contributed by atoms with E-state index in [4.69, 9.17) is 0 Å². The number of hydrogen-bond donors (Lipinski definition) is 1. The second kappa shape index (κ2) is 8.23. The van der Waals surface area contributed by atoms with E-state index in [0.29, 0.717) is 11.0 Å². The van der Waals surface area contributed by atoms with Crippen molar-refractivity contribution in [2.24, 2.45) is 15.3 Å². The summed E-state index contributed by atoms with van der Waals surface area (Å²) in [5, 5.41) is 16.2. The van der Waals surface area contributed by atoms with Crippen molar-refractivity contribution in [3.05, 3.63) is 103 Å². The van der Waals surface area contributed by atoms with Crippen LogP contribution < -0.4 is 5.43 Å². The minimum absolute atomic E-state index is 0.489. The monoisotopic (exact) mass is 407 g/mol. The maximum atomic E-state index is 4.52. The van der Waals surface area contributed by atoms with Crippen LogP contribution >= 0.6 is 11.3 Å². The quantitative estimate of drug-likeness (QED) is 0.151. The number of benzene rings is 4. The standard InChI is InChI=1S/C24H17N5S/c1-2-9-18(10-3-1)23(28-29-24-25-21-12-6-7-13-22(21)30-24)27-26-20-15-14-17-8-4-5-11-19(17)16-20/h1-16,26H. The molecule has 0 unspecified atom stereocenters. The lowest BCUT2D eigenvalue weighted by Gasteiger charge is -2.05. The second-order valence-electron chi connectivity index (χ2n) is 6.64. The number of hydrogen-bond acceptors (Lipinski definition) is 5. The van der Waals surface area contributed by atoms with Crippen molar-refractivity contribution < 1.29 is 0 Å². The lowest BCUT2D eigenvalue weighted by Crippen LogP contribution is -2.01. The highest BCUT2D eigenvalue weighted by atomic mass is 32.1. The number of azo groups is 1. The van der Waals surface area contributed by atoms with E-state index in [9.17, 15) is 0 Å². The molecule has 0 aliphatic rings. The Morgan fingerprint density at radius 1 is 0.767 bits per heavy atom. The van der Waals surface area contributed by atoms with E-state index in [2.05, 4.69) is 50.0 Å². The molecule has 1 heterocycles. The second-order valence-corrected chi connectivity index (χ2v) is 7.65. The molecular weight excluding hydrogens is 390 g/mol. The third kappa shape index (κ3) is 3.94. The van der Waals surface area contributed by atoms with E-state index in [1.54, 1.807) is 0 Å². The van der Waals surface area contributed by atoms with Crippen LogP contribution in [-0.2, 0) is 0 Å². The number of anilines is 1. The van der Waals surface area contributed by atoms with Crippen molar-refractivity contribution in [3.8, 4) is 0 Å². The van der Waals surface area contributed by atoms with Crippen LogP contribution in [0.2, 0.25) is 0 Å². The Morgan fingerprint density at radius 2 is 1.53 bits per heavy atom. The highest BCUT2D eigenvalue weighted by molar-refractivity contribution is 7.21. The molecule has 144 valence electrons. The van der Waals surface area contributed by atoms with Crippen LogP contribution in [-0.4, -0.2) is 10.8 Å². The van der Waals surface area contributed by atoms with Crippen LogP contribution in [0.3, 0.4) is 0 Å². The number of rotatable bonds is 4. The fraction of sp³-hybridized carbons (Fsp3) is 0. The smallest absolute Gasteiger partial charge is 0.231 e. The molecule has 0 spiro atoms. The first-order chi connectivity index (χ1) is 14.8. The summed E-state index contributed by atoms with van der Waals surface area (Å²) in [6.45, 7) is 0. The van der Waals surface area contributed by atoms with Gasteiger partial charge in [0.1, 0.15) is 0 Å². The van der Waals surface area contributed by atoms with Gasteiger partial charge in [0.2, 0.25) is 11.0 Å². The lowest BCUT2D eigenvalue weighted by atomic mass is 10.1. The van der Waals surface area contributed by atoms with Crippen LogP contribution in [0.15, 0.2) is 112 Å². The van der Waals surface area contributed by atoms with Gasteiger partial charge in [0.05, 0.1) is 15.9 Å². The molecule has 0 saturated carbocycles. The number of amidine groups is 1. The first kappa shape index (κ1) is 18.1. The first-order valence-corrected chi connectivity index (χ1v) is 10.3. The van der Waals surface area contributed by atoms with Gasteiger partial charge in [-0.05, 0) is 35.0 Å². The Labute approximate surface area is 177 Å². The van der Waals surface area contributed by atoms with Gasteiger partial charge in [0.25, 0.3) is 0 Å². The molecule has 6 heteroatoms. The number of fused-ring (bicyclic) bond motifs is 2. The third-order valence-electron chi connectivity index (χ3n) is 4.59. The largest absolute Gasteiger partial charge is 0.276 e. The summed E-state index contributed by atoms with van der Waals surface area (Å²) in [5.74, 6) is 0.489. The molecule has 0 amide bonds. The zero-order valence-electron chi connectivity index (χ0n) is 15.9. The van der Waals surface area contributed by atoms with E-state index in [-0.39, 0.29) is 0 Å². The van der Waals surface area contributed by atoms with Crippen LogP contribution in [0, 0.1) is 0 Å². The zero-order chi connectivity index (χ0) is 20.2. The Morgan fingerprint density at radius 3 is 2.40 bits per heavy atom. The Bertz CT molecular complexity index is 1340. The van der Waals surface area contributed by atoms with Gasteiger partial charge < -0.3 is 0 Å². The lowest BCUT2D eigenvalue weighted by molar-refractivity contribution is 1.21. The molecule has 0 bridgehead atoms. The van der Waals surface area contributed by atoms with Crippen molar-refractivity contribution in [3.63, 3.8) is 0 Å². The highest BCUT2D eigenvalue weighted by Crippen LogP contribution is 2.28. The number of nitrogens with one attached hydrogen (secondary N) is 1. The summed E-state index contributed by atoms with van der Waals surface area (Å²) < 4.78 is 1.08. The average molecular weight is 408 g/mol. The van der Waals surface area contributed by atoms with E-state index >= 15 is 0 Å². The normalized spacial score (nSPS) is 12.1. The minimum Gasteiger partial charge on any atom is -0.276 e. The summed E-state index contributed by atoms with van der Waals surface area (Å²) >= 11 is 1.50. The first-order valence-electron chi connectivity index (χ1n) is 9.50. The van der Waals surface area contributed by atoms with Gasteiger partial charge in [-0.3, -0.25) is 5.43 Å². The van der Waals surface area contributed by atoms with Crippen molar-refractivity contribution >= 4 is 49.0 Å². The van der Waals surface area contributed by atoms with Crippen LogP contribution in [0.25, 0.3) is 21.0 Å². The number of hydrazone groups is 1. The van der Waals surface area contributed by atoms with Crippen molar-refractivity contribution in [1.82, 2.24) is 4.98 Å². The van der Waals surface area contributed by atoms with Gasteiger partial charge in [0.15, 0.2) is 0 Å². The molecule has 5 rings (SSSR count). The molecule has 0 atom stereocenters. The summed E-state index contributed by atoms with van der Waals surface area (Å²) in [6.07, 6.45) is 0. The van der Waals surface area contributed by atoms with Gasteiger partial charge in [-0.1, -0.05) is 84.1 Å². The molecule has 4 aromatic carbocycles. The molecule has 1 N–H and O–H groups in total. The molecule has 30 heavy (non-hydrogen) atoms. The van der Waals surface area contributed by atoms with E-state index in [1.807, 2.05) is 72.8 Å². The van der Waals surface area contributed by atoms with Crippen LogP contribution in [0.1, 0.15) is 5.56 Å². The predicted octanol–water partition coefficient (Wildman–Crippen LogP) is 7.01. The molecule has 0 radical (unpaired) electrons. The van der Waals surface area contributed by atoms with Gasteiger partial charge in [-0.2, -0.15) is 5.10 Å². The van der Waals surface area contributed by atoms with Crippen molar-refractivity contribution in [2.45, 2.75) is 0 Å². The summed E-state index contributed by atoms with van der Waals surface area (Å²) in [4.78, 5) is 4.51. The fourth-order valence-electron chi connectivity index (χ4n) is 3.10. The van der Waals surface area contributed by atoms with Crippen LogP contribution in [0.4, 0.5) is 10.8 Å². The molecule has 5 nitrogen and oxygen atoms in total. The zero-order valence-corrected chi connectivity index (χ0v) is 16.8. The van der Waals surface area contributed by atoms with Crippen LogP contribution in [0.5, 0.6) is 0 Å². The van der Waals surface area contributed by atoms with E-state index in [0.717, 1.165) is 26.9 Å². The molecule has 1 aromatic heterocycles. The number of para-hydroxylation sites is 1. The summed E-state index contributed by atoms with van der Waals surface area (Å²) in [7, 11) is 0. The predicted molar refractivity (Wildman–Crippen MR) is 125 cm³/mol. The number of thiazole rings is 1. The van der Waals surface area contributed by atoms with Gasteiger partial charge in [-0.15, -0.1) is 10.2 Å². The molecular formula is C24H17N5S. The Hall–Kier alpha value is -3.90. The average Bonchev–Trinajstić information content (AvgIpc) is 3.22. The fourth-order valence-corrected chi connectivity index (χ4v) is 3.89. The molecule has 0 fully saturated rings. The van der Waals surface area contributed by atoms with Gasteiger partial charge in [-0.25, -0.2) is 4.98 Å². The van der Waals surface area contributed by atoms with Gasteiger partial charge in [0, 0.05) is 5.56 Å². The number of nitrogens with zero attached hydrogens (tertiary/aromatic N) is 4. The highest BCUT2D eigenvalue weighted by Gasteiger charge is 2.05. The van der Waals surface area contributed by atoms with E-state index in [1.165, 1.54) is 16.7 Å². The maximum absolute atomic E-state index is 4.52. The topological polar surface area (TPSA) is 62.0 Å². The maximum Gasteiger partial charge on any atom is 0.231 e. The SMILES string of the molecule is c1ccc(C(N=Nc2nc3ccccc3s2)=NNc2ccc3ccccc3c2)cc1. The third-order valence-corrected chi connectivity index (χ3v) is 5.51. The van der Waals surface area contributed by atoms with E-state index < -0.39 is 0 Å². The van der Waals surface area contributed by atoms with Gasteiger partial charge >= 0.3 is 0 Å². The Kier molecular flexibility index (Phi) is 4.98. The Balaban J connectivity index is 1.46. The van der Waals surface area contributed by atoms with Crippen molar-refractivity contribution in [1.29, 1.82) is 0 Å². The summed E-state index contributed by atoms with van der Waals surface area (Å²) in [5.41, 5.74) is 5.79. The minimum atomic E-state index is 0.489. The van der Waals surface area contributed by atoms with Crippen molar-refractivity contribution in [2.75, 3.05) is 5.43 Å². The molecule has 0 aliphatic carbocycles. The molecule has 0 saturated heterocycles.